The molecular formula is C55H90N6O11S3. The number of unbranched alkanes of at least 4 members (excludes halogenated alkanes) is 20. The van der Waals surface area contributed by atoms with Crippen LogP contribution in [-0.4, -0.2) is 103 Å². The van der Waals surface area contributed by atoms with E-state index in [1.165, 1.54) is 64.2 Å². The first-order valence-corrected chi connectivity index (χ1v) is 29.0. The van der Waals surface area contributed by atoms with E-state index in [1.54, 1.807) is 6.92 Å². The van der Waals surface area contributed by atoms with Crippen LogP contribution in [0.15, 0.2) is 47.5 Å². The number of aliphatic hydroxyl groups excluding tert-OH is 1. The lowest BCUT2D eigenvalue weighted by Gasteiger charge is -2.22. The van der Waals surface area contributed by atoms with Crippen molar-refractivity contribution >= 4 is 82.0 Å². The van der Waals surface area contributed by atoms with Crippen LogP contribution < -0.4 is 31.9 Å². The summed E-state index contributed by atoms with van der Waals surface area (Å²) in [4.78, 5) is 55.2. The Labute approximate surface area is 463 Å². The second-order valence-electron chi connectivity index (χ2n) is 18.9. The monoisotopic (exact) mass is 1110 g/mol. The Balaban J connectivity index is 0.000000346. The Bertz CT molecular complexity index is 1820. The van der Waals surface area contributed by atoms with Gasteiger partial charge >= 0.3 is 5.97 Å². The maximum atomic E-state index is 11.4. The fourth-order valence-electron chi connectivity index (χ4n) is 7.92. The van der Waals surface area contributed by atoms with Crippen LogP contribution in [-0.2, 0) is 47.7 Å². The zero-order valence-electron chi connectivity index (χ0n) is 44.9. The molecule has 7 N–H and O–H groups in total. The second-order valence-corrected chi connectivity index (χ2v) is 20.2. The highest BCUT2D eigenvalue weighted by Crippen LogP contribution is 2.17. The minimum Gasteiger partial charge on any atom is -0.462 e. The smallest absolute Gasteiger partial charge is 0.333 e. The molecule has 0 radical (unpaired) electrons. The third-order valence-corrected chi connectivity index (χ3v) is 12.8. The van der Waals surface area contributed by atoms with Crippen molar-refractivity contribution in [1.29, 1.82) is 0 Å². The molecule has 0 aromatic carbocycles. The Kier molecular flexibility index (Phi) is 40.3. The number of aliphatic hydroxyl groups is 1. The van der Waals surface area contributed by atoms with Gasteiger partial charge in [-0.15, -0.1) is 0 Å². The molecule has 5 aliphatic heterocycles. The van der Waals surface area contributed by atoms with Crippen molar-refractivity contribution in [3.05, 3.63) is 47.5 Å². The number of hydrogen-bond donors (Lipinski definition) is 7. The first-order chi connectivity index (χ1) is 36.4. The summed E-state index contributed by atoms with van der Waals surface area (Å²) < 4.78 is 27.3. The Morgan fingerprint density at radius 3 is 1.20 bits per heavy atom. The van der Waals surface area contributed by atoms with Gasteiger partial charge in [-0.2, -0.15) is 0 Å². The third-order valence-electron chi connectivity index (χ3n) is 12.2. The summed E-state index contributed by atoms with van der Waals surface area (Å²) in [5.41, 5.74) is 2.14. The number of nitrogens with one attached hydrogen (secondary N) is 6. The van der Waals surface area contributed by atoms with Gasteiger partial charge in [0.15, 0.2) is 27.9 Å². The largest absolute Gasteiger partial charge is 0.462 e. The van der Waals surface area contributed by atoms with Gasteiger partial charge < -0.3 is 49.5 Å². The quantitative estimate of drug-likeness (QED) is 0.0105. The molecule has 0 aromatic heterocycles. The molecule has 0 spiro atoms. The van der Waals surface area contributed by atoms with Crippen LogP contribution in [0.1, 0.15) is 200 Å². The molecule has 0 aliphatic carbocycles. The van der Waals surface area contributed by atoms with E-state index in [9.17, 15) is 24.0 Å². The molecule has 5 saturated heterocycles. The Morgan fingerprint density at radius 1 is 0.533 bits per heavy atom. The van der Waals surface area contributed by atoms with Gasteiger partial charge in [0.2, 0.25) is 0 Å². The van der Waals surface area contributed by atoms with Gasteiger partial charge in [0.25, 0.3) is 17.7 Å². The highest BCUT2D eigenvalue weighted by atomic mass is 32.1. The maximum Gasteiger partial charge on any atom is 0.333 e. The first kappa shape index (κ1) is 67.1. The summed E-state index contributed by atoms with van der Waals surface area (Å²) in [6.45, 7) is 9.23. The lowest BCUT2D eigenvalue weighted by Crippen LogP contribution is -2.22. The SMILES string of the molecule is C=C(C)C(=O)OCCCCCCC/C=C1\NC(=S)NC1=O.O=C1NC(=S)N/C1=C\CCCCCCCO.O=C1NC(=S)N/C1=C\CCCCCCCOC1CCCCO1.O=CCCCCCCCOC1CCCCO1. The predicted molar refractivity (Wildman–Crippen MR) is 305 cm³/mol. The van der Waals surface area contributed by atoms with E-state index < -0.39 is 0 Å². The van der Waals surface area contributed by atoms with Crippen molar-refractivity contribution in [1.82, 2.24) is 31.9 Å². The average Bonchev–Trinajstić information content (AvgIpc) is 4.04. The molecule has 424 valence electrons. The van der Waals surface area contributed by atoms with Gasteiger partial charge in [-0.3, -0.25) is 30.3 Å². The summed E-state index contributed by atoms with van der Waals surface area (Å²) in [7, 11) is 0. The van der Waals surface area contributed by atoms with Crippen LogP contribution in [0.25, 0.3) is 0 Å². The number of rotatable bonds is 34. The Morgan fingerprint density at radius 2 is 0.880 bits per heavy atom. The number of ether oxygens (including phenoxy) is 5. The minimum atomic E-state index is -0.318. The first-order valence-electron chi connectivity index (χ1n) is 27.7. The van der Waals surface area contributed by atoms with Crippen molar-refractivity contribution in [3.8, 4) is 0 Å². The lowest BCUT2D eigenvalue weighted by atomic mass is 10.1. The van der Waals surface area contributed by atoms with Gasteiger partial charge in [0, 0.05) is 45.0 Å². The summed E-state index contributed by atoms with van der Waals surface area (Å²) in [6, 6.07) is 0. The fourth-order valence-corrected chi connectivity index (χ4v) is 8.52. The molecule has 0 bridgehead atoms. The van der Waals surface area contributed by atoms with Gasteiger partial charge in [-0.05, 0) is 153 Å². The summed E-state index contributed by atoms with van der Waals surface area (Å²) in [5, 5.41) is 25.8. The van der Waals surface area contributed by atoms with Crippen LogP contribution in [0.3, 0.4) is 0 Å². The van der Waals surface area contributed by atoms with E-state index in [0.29, 0.717) is 51.0 Å². The van der Waals surface area contributed by atoms with E-state index in [2.05, 4.69) is 38.5 Å². The molecule has 0 aromatic rings. The van der Waals surface area contributed by atoms with E-state index in [1.807, 2.05) is 18.2 Å². The zero-order chi connectivity index (χ0) is 54.6. The Hall–Kier alpha value is -4.02. The minimum absolute atomic E-state index is 0.0384. The normalized spacial score (nSPS) is 19.6. The molecule has 2 unspecified atom stereocenters. The van der Waals surface area contributed by atoms with Crippen molar-refractivity contribution in [2.24, 2.45) is 0 Å². The molecule has 0 saturated carbocycles. The summed E-state index contributed by atoms with van der Waals surface area (Å²) >= 11 is 14.5. The lowest BCUT2D eigenvalue weighted by molar-refractivity contribution is -0.163. The number of thiocarbonyl (C=S) groups is 3. The van der Waals surface area contributed by atoms with E-state index in [-0.39, 0.29) is 42.9 Å². The van der Waals surface area contributed by atoms with Crippen LogP contribution >= 0.6 is 36.7 Å². The van der Waals surface area contributed by atoms with Crippen molar-refractivity contribution < 1.29 is 52.8 Å². The molecule has 75 heavy (non-hydrogen) atoms. The van der Waals surface area contributed by atoms with Crippen LogP contribution in [0, 0.1) is 0 Å². The molecule has 17 nitrogen and oxygen atoms in total. The number of esters is 1. The fraction of sp³-hybridized carbons (Fsp3) is 0.709. The molecular weight excluding hydrogens is 1020 g/mol. The predicted octanol–water partition coefficient (Wildman–Crippen LogP) is 9.37. The van der Waals surface area contributed by atoms with Gasteiger partial charge in [-0.25, -0.2) is 4.79 Å². The van der Waals surface area contributed by atoms with Gasteiger partial charge in [0.1, 0.15) is 23.4 Å². The number of aldehydes is 1. The van der Waals surface area contributed by atoms with Crippen LogP contribution in [0.2, 0.25) is 0 Å². The number of allylic oxidation sites excluding steroid dienone is 3. The van der Waals surface area contributed by atoms with E-state index in [4.69, 9.17) is 65.4 Å². The molecule has 5 heterocycles. The number of carbonyl (C=O) groups is 5. The molecule has 20 heteroatoms. The molecule has 3 amide bonds. The van der Waals surface area contributed by atoms with Crippen molar-refractivity contribution in [3.63, 3.8) is 0 Å². The molecule has 5 aliphatic rings. The number of amides is 3. The second kappa shape index (κ2) is 45.0. The van der Waals surface area contributed by atoms with Gasteiger partial charge in [-0.1, -0.05) is 102 Å². The van der Waals surface area contributed by atoms with Crippen LogP contribution in [0.4, 0.5) is 0 Å². The maximum absolute atomic E-state index is 11.4. The van der Waals surface area contributed by atoms with E-state index in [0.717, 1.165) is 155 Å². The molecule has 5 fully saturated rings. The molecule has 5 rings (SSSR count). The van der Waals surface area contributed by atoms with Gasteiger partial charge in [0.05, 0.1) is 6.61 Å². The van der Waals surface area contributed by atoms with Crippen molar-refractivity contribution in [2.45, 2.75) is 212 Å². The van der Waals surface area contributed by atoms with Crippen LogP contribution in [0.5, 0.6) is 0 Å². The van der Waals surface area contributed by atoms with Crippen molar-refractivity contribution in [2.75, 3.05) is 39.6 Å². The highest BCUT2D eigenvalue weighted by molar-refractivity contribution is 7.80. The summed E-state index contributed by atoms with van der Waals surface area (Å²) in [5.74, 6) is -0.724. The van der Waals surface area contributed by atoms with E-state index >= 15 is 0 Å². The summed E-state index contributed by atoms with van der Waals surface area (Å²) in [6.07, 6.45) is 38.9. The molecule has 2 atom stereocenters. The zero-order valence-corrected chi connectivity index (χ0v) is 47.3. The number of hydrogen-bond acceptors (Lipinski definition) is 14. The topological polar surface area (TPSA) is 224 Å². The number of carbonyl (C=O) groups excluding carboxylic acids is 5. The highest BCUT2D eigenvalue weighted by Gasteiger charge is 2.21. The average molecular weight is 1110 g/mol. The third kappa shape index (κ3) is 35.8. The standard InChI is InChI=1S/C16H26N2O3S.C15H22N2O3S.C13H24O3.C11H18N2O2S/c19-15-13(17-16(22)18-15)9-5-3-1-2-4-7-11-20-14-10-6-8-12-21-14;1-11(2)14(19)20-10-8-6-4-3-5-7-9-12-13(18)17-15(21)16-12;14-10-6-3-1-2-4-7-11-15-13-9-5-8-12-16-13;14-8-6-4-2-1-3-5-7-9-10(15)13-11(16)12-9/h9,14H,1-8,10-12H2,(H2,17,18,19,22);9H,1,3-8,10H2,2H3,(H2,16,17,18,21);10,13H,1-9,11-12H2;7,14H,1-6,8H2,(H2,12,13,15,16)/b13-9-;12-9-;;9-7-.